The number of fused-ring (bicyclic) bond motifs is 1. The minimum absolute atomic E-state index is 0.188. The quantitative estimate of drug-likeness (QED) is 0.650. The van der Waals surface area contributed by atoms with Crippen LogP contribution in [0.3, 0.4) is 0 Å². The van der Waals surface area contributed by atoms with Crippen molar-refractivity contribution < 1.29 is 8.42 Å². The molecule has 0 fully saturated rings. The molecule has 0 saturated carbocycles. The molecule has 0 aliphatic rings. The summed E-state index contributed by atoms with van der Waals surface area (Å²) in [7, 11) is -2.90. The molecule has 3 N–H and O–H groups in total. The molecule has 1 heterocycles. The minimum Gasteiger partial charge on any atom is -0.398 e. The Bertz CT molecular complexity index is 727. The Morgan fingerprint density at radius 3 is 2.75 bits per heavy atom. The summed E-state index contributed by atoms with van der Waals surface area (Å²) in [5.74, 6) is 0.188. The first-order chi connectivity index (χ1) is 9.37. The summed E-state index contributed by atoms with van der Waals surface area (Å²) >= 11 is 0. The molecule has 0 saturated heterocycles. The Morgan fingerprint density at radius 2 is 2.05 bits per heavy atom. The minimum atomic E-state index is -2.90. The van der Waals surface area contributed by atoms with E-state index in [1.54, 1.807) is 6.20 Å². The van der Waals surface area contributed by atoms with Crippen molar-refractivity contribution in [1.29, 1.82) is 0 Å². The lowest BCUT2D eigenvalue weighted by atomic mass is 10.1. The molecule has 5 nitrogen and oxygen atoms in total. The molecule has 1 aromatic heterocycles. The van der Waals surface area contributed by atoms with Crippen molar-refractivity contribution in [2.75, 3.05) is 29.6 Å². The predicted molar refractivity (Wildman–Crippen MR) is 83.7 cm³/mol. The fraction of sp³-hybridized carbons (Fsp3) is 0.357. The van der Waals surface area contributed by atoms with Gasteiger partial charge in [-0.2, -0.15) is 0 Å². The molecule has 2 rings (SSSR count). The third-order valence-electron chi connectivity index (χ3n) is 3.08. The third kappa shape index (κ3) is 3.60. The maximum absolute atomic E-state index is 11.1. The first-order valence-corrected chi connectivity index (χ1v) is 8.49. The van der Waals surface area contributed by atoms with Crippen molar-refractivity contribution in [3.05, 3.63) is 30.1 Å². The van der Waals surface area contributed by atoms with E-state index in [1.165, 1.54) is 6.26 Å². The number of aryl methyl sites for hydroxylation is 1. The van der Waals surface area contributed by atoms with Gasteiger partial charge in [0.05, 0.1) is 5.75 Å². The lowest BCUT2D eigenvalue weighted by Crippen LogP contribution is -2.10. The van der Waals surface area contributed by atoms with Gasteiger partial charge in [0.2, 0.25) is 0 Å². The SMILES string of the molecule is Cc1cc2c(NCCCS(C)(=O)=O)ccc(N)c2cn1. The van der Waals surface area contributed by atoms with Crippen molar-refractivity contribution in [2.24, 2.45) is 0 Å². The lowest BCUT2D eigenvalue weighted by Gasteiger charge is -2.11. The predicted octanol–water partition coefficient (Wildman–Crippen LogP) is 1.97. The summed E-state index contributed by atoms with van der Waals surface area (Å²) in [5.41, 5.74) is 8.50. The van der Waals surface area contributed by atoms with Crippen LogP contribution >= 0.6 is 0 Å². The summed E-state index contributed by atoms with van der Waals surface area (Å²) < 4.78 is 22.2. The standard InChI is InChI=1S/C14H19N3O2S/c1-10-8-11-12(9-17-10)13(15)4-5-14(11)16-6-3-7-20(2,18)19/h4-5,8-9,16H,3,6-7,15H2,1-2H3. The summed E-state index contributed by atoms with van der Waals surface area (Å²) in [5, 5.41) is 5.18. The average molecular weight is 293 g/mol. The molecule has 0 aliphatic carbocycles. The van der Waals surface area contributed by atoms with Crippen LogP contribution in [0.5, 0.6) is 0 Å². The van der Waals surface area contributed by atoms with E-state index in [0.29, 0.717) is 18.7 Å². The van der Waals surface area contributed by atoms with Crippen LogP contribution in [-0.4, -0.2) is 32.0 Å². The molecule has 0 aliphatic heterocycles. The van der Waals surface area contributed by atoms with E-state index in [4.69, 9.17) is 5.73 Å². The van der Waals surface area contributed by atoms with E-state index >= 15 is 0 Å². The number of hydrogen-bond acceptors (Lipinski definition) is 5. The molecule has 0 bridgehead atoms. The summed E-state index contributed by atoms with van der Waals surface area (Å²) in [4.78, 5) is 4.25. The van der Waals surface area contributed by atoms with E-state index in [9.17, 15) is 8.42 Å². The number of nitrogens with one attached hydrogen (secondary N) is 1. The molecule has 0 spiro atoms. The smallest absolute Gasteiger partial charge is 0.147 e. The van der Waals surface area contributed by atoms with Gasteiger partial charge in [-0.05, 0) is 31.5 Å². The zero-order valence-corrected chi connectivity index (χ0v) is 12.5. The van der Waals surface area contributed by atoms with Gasteiger partial charge in [0, 0.05) is 46.8 Å². The number of hydrogen-bond donors (Lipinski definition) is 2. The van der Waals surface area contributed by atoms with Crippen molar-refractivity contribution in [2.45, 2.75) is 13.3 Å². The summed E-state index contributed by atoms with van der Waals surface area (Å²) in [6.07, 6.45) is 3.59. The summed E-state index contributed by atoms with van der Waals surface area (Å²) in [6, 6.07) is 5.72. The Morgan fingerprint density at radius 1 is 1.30 bits per heavy atom. The van der Waals surface area contributed by atoms with Crippen molar-refractivity contribution >= 4 is 32.0 Å². The van der Waals surface area contributed by atoms with Crippen LogP contribution in [0.1, 0.15) is 12.1 Å². The van der Waals surface area contributed by atoms with Crippen LogP contribution in [-0.2, 0) is 9.84 Å². The zero-order chi connectivity index (χ0) is 14.8. The van der Waals surface area contributed by atoms with E-state index in [2.05, 4.69) is 10.3 Å². The Hall–Kier alpha value is -1.82. The fourth-order valence-electron chi connectivity index (χ4n) is 2.08. The van der Waals surface area contributed by atoms with Gasteiger partial charge in [-0.1, -0.05) is 0 Å². The van der Waals surface area contributed by atoms with Crippen molar-refractivity contribution in [3.8, 4) is 0 Å². The van der Waals surface area contributed by atoms with Gasteiger partial charge in [-0.15, -0.1) is 0 Å². The van der Waals surface area contributed by atoms with E-state index in [1.807, 2.05) is 25.1 Å². The van der Waals surface area contributed by atoms with E-state index < -0.39 is 9.84 Å². The van der Waals surface area contributed by atoms with Crippen LogP contribution in [0.15, 0.2) is 24.4 Å². The van der Waals surface area contributed by atoms with Gasteiger partial charge in [0.1, 0.15) is 9.84 Å². The number of aromatic nitrogens is 1. The Balaban J connectivity index is 2.18. The van der Waals surface area contributed by atoms with Gasteiger partial charge < -0.3 is 11.1 Å². The molecule has 0 radical (unpaired) electrons. The molecule has 1 aromatic carbocycles. The van der Waals surface area contributed by atoms with Crippen LogP contribution in [0, 0.1) is 6.92 Å². The molecule has 0 amide bonds. The molecule has 6 heteroatoms. The lowest BCUT2D eigenvalue weighted by molar-refractivity contribution is 0.600. The molecule has 0 unspecified atom stereocenters. The van der Waals surface area contributed by atoms with Crippen LogP contribution in [0.4, 0.5) is 11.4 Å². The monoisotopic (exact) mass is 293 g/mol. The molecule has 0 atom stereocenters. The van der Waals surface area contributed by atoms with Gasteiger partial charge in [0.15, 0.2) is 0 Å². The molecule has 20 heavy (non-hydrogen) atoms. The topological polar surface area (TPSA) is 85.1 Å². The van der Waals surface area contributed by atoms with Crippen LogP contribution in [0.25, 0.3) is 10.8 Å². The molecular formula is C14H19N3O2S. The number of benzene rings is 1. The molecule has 2 aromatic rings. The van der Waals surface area contributed by atoms with E-state index in [0.717, 1.165) is 22.2 Å². The molecule has 108 valence electrons. The zero-order valence-electron chi connectivity index (χ0n) is 11.7. The van der Waals surface area contributed by atoms with Gasteiger partial charge in [-0.3, -0.25) is 4.98 Å². The number of nitrogens with zero attached hydrogens (tertiary/aromatic N) is 1. The number of sulfone groups is 1. The highest BCUT2D eigenvalue weighted by Crippen LogP contribution is 2.28. The largest absolute Gasteiger partial charge is 0.398 e. The fourth-order valence-corrected chi connectivity index (χ4v) is 2.75. The maximum atomic E-state index is 11.1. The highest BCUT2D eigenvalue weighted by Gasteiger charge is 2.06. The number of nitrogen functional groups attached to an aromatic ring is 1. The second kappa shape index (κ2) is 5.66. The highest BCUT2D eigenvalue weighted by molar-refractivity contribution is 7.90. The average Bonchev–Trinajstić information content (AvgIpc) is 2.35. The maximum Gasteiger partial charge on any atom is 0.147 e. The van der Waals surface area contributed by atoms with Crippen molar-refractivity contribution in [3.63, 3.8) is 0 Å². The second-order valence-electron chi connectivity index (χ2n) is 4.98. The van der Waals surface area contributed by atoms with Crippen molar-refractivity contribution in [1.82, 2.24) is 4.98 Å². The summed E-state index contributed by atoms with van der Waals surface area (Å²) in [6.45, 7) is 2.53. The third-order valence-corrected chi connectivity index (χ3v) is 4.11. The number of rotatable bonds is 5. The van der Waals surface area contributed by atoms with Gasteiger partial charge in [-0.25, -0.2) is 8.42 Å². The normalized spacial score (nSPS) is 11.7. The second-order valence-corrected chi connectivity index (χ2v) is 7.24. The first-order valence-electron chi connectivity index (χ1n) is 6.43. The van der Waals surface area contributed by atoms with Gasteiger partial charge in [0.25, 0.3) is 0 Å². The van der Waals surface area contributed by atoms with Crippen LogP contribution < -0.4 is 11.1 Å². The first kappa shape index (κ1) is 14.6. The molecular weight excluding hydrogens is 274 g/mol. The Kier molecular flexibility index (Phi) is 4.13. The highest BCUT2D eigenvalue weighted by atomic mass is 32.2. The number of anilines is 2. The van der Waals surface area contributed by atoms with E-state index in [-0.39, 0.29) is 5.75 Å². The van der Waals surface area contributed by atoms with Crippen LogP contribution in [0.2, 0.25) is 0 Å². The van der Waals surface area contributed by atoms with Gasteiger partial charge >= 0.3 is 0 Å². The number of pyridine rings is 1. The Labute approximate surface area is 119 Å². The number of nitrogens with two attached hydrogens (primary N) is 1.